The van der Waals surface area contributed by atoms with E-state index in [4.69, 9.17) is 0 Å². The first-order chi connectivity index (χ1) is 8.09. The third kappa shape index (κ3) is 3.52. The molecule has 1 heterocycles. The van der Waals surface area contributed by atoms with E-state index in [0.717, 1.165) is 45.2 Å². The molecular formula is C14H25NO2. The van der Waals surface area contributed by atoms with Crippen LogP contribution in [0.5, 0.6) is 0 Å². The summed E-state index contributed by atoms with van der Waals surface area (Å²) in [5.74, 6) is 0.278. The molecule has 17 heavy (non-hydrogen) atoms. The maximum Gasteiger partial charge on any atom is 0.131 e. The van der Waals surface area contributed by atoms with E-state index in [9.17, 15) is 9.90 Å². The van der Waals surface area contributed by atoms with E-state index in [1.165, 1.54) is 12.8 Å². The Labute approximate surface area is 104 Å². The second-order valence-electron chi connectivity index (χ2n) is 5.96. The number of hydrogen-bond acceptors (Lipinski definition) is 3. The number of hydrogen-bond donors (Lipinski definition) is 1. The molecule has 1 saturated heterocycles. The van der Waals surface area contributed by atoms with Gasteiger partial charge in [-0.05, 0) is 39.2 Å². The number of likely N-dealkylation sites (tertiary alicyclic amines) is 1. The maximum atomic E-state index is 11.3. The molecule has 1 aliphatic carbocycles. The summed E-state index contributed by atoms with van der Waals surface area (Å²) in [7, 11) is 0. The summed E-state index contributed by atoms with van der Waals surface area (Å²) >= 11 is 0. The van der Waals surface area contributed by atoms with E-state index in [2.05, 4.69) is 4.90 Å². The quantitative estimate of drug-likeness (QED) is 0.817. The molecule has 0 aromatic heterocycles. The predicted molar refractivity (Wildman–Crippen MR) is 67.9 cm³/mol. The highest BCUT2D eigenvalue weighted by atomic mass is 16.3. The van der Waals surface area contributed by atoms with Crippen LogP contribution in [0.15, 0.2) is 0 Å². The Morgan fingerprint density at radius 2 is 2.00 bits per heavy atom. The van der Waals surface area contributed by atoms with Crippen molar-refractivity contribution >= 4 is 5.78 Å². The zero-order chi connectivity index (χ0) is 12.3. The molecule has 2 fully saturated rings. The van der Waals surface area contributed by atoms with Crippen molar-refractivity contribution in [3.8, 4) is 0 Å². The number of Topliss-reactive ketones (excluding diaryl/α,β-unsaturated/α-hetero) is 1. The van der Waals surface area contributed by atoms with Crippen LogP contribution in [0.3, 0.4) is 0 Å². The molecule has 0 radical (unpaired) electrons. The molecule has 0 bridgehead atoms. The third-order valence-electron chi connectivity index (χ3n) is 4.30. The highest BCUT2D eigenvalue weighted by molar-refractivity contribution is 5.76. The maximum absolute atomic E-state index is 11.3. The summed E-state index contributed by atoms with van der Waals surface area (Å²) in [5.41, 5.74) is -0.466. The fourth-order valence-electron chi connectivity index (χ4n) is 3.40. The van der Waals surface area contributed by atoms with E-state index in [0.29, 0.717) is 12.5 Å². The van der Waals surface area contributed by atoms with Crippen molar-refractivity contribution in [1.29, 1.82) is 0 Å². The Bertz CT molecular complexity index is 271. The number of nitrogens with zero attached hydrogens (tertiary/aromatic N) is 1. The molecule has 1 aliphatic heterocycles. The molecule has 0 spiro atoms. The van der Waals surface area contributed by atoms with Crippen molar-refractivity contribution < 1.29 is 9.90 Å². The average molecular weight is 239 g/mol. The molecule has 0 aromatic rings. The molecule has 1 saturated carbocycles. The van der Waals surface area contributed by atoms with Crippen molar-refractivity contribution in [1.82, 2.24) is 4.90 Å². The molecule has 2 aliphatic rings. The van der Waals surface area contributed by atoms with Crippen LogP contribution >= 0.6 is 0 Å². The van der Waals surface area contributed by atoms with Gasteiger partial charge in [-0.25, -0.2) is 0 Å². The lowest BCUT2D eigenvalue weighted by molar-refractivity contribution is -0.119. The molecule has 2 rings (SSSR count). The van der Waals surface area contributed by atoms with Crippen LogP contribution in [0.4, 0.5) is 0 Å². The summed E-state index contributed by atoms with van der Waals surface area (Å²) in [5, 5.41) is 10.5. The normalized spacial score (nSPS) is 29.4. The van der Waals surface area contributed by atoms with Gasteiger partial charge in [-0.15, -0.1) is 0 Å². The fraction of sp³-hybridized carbons (Fsp3) is 0.929. The van der Waals surface area contributed by atoms with Crippen LogP contribution in [0, 0.1) is 0 Å². The first-order valence-corrected chi connectivity index (χ1v) is 7.05. The van der Waals surface area contributed by atoms with Gasteiger partial charge in [0.25, 0.3) is 0 Å². The SMILES string of the molecule is CC(=O)CC1CCCCN1CC1(O)CCCC1. The summed E-state index contributed by atoms with van der Waals surface area (Å²) in [4.78, 5) is 13.7. The first kappa shape index (κ1) is 13.0. The van der Waals surface area contributed by atoms with Crippen molar-refractivity contribution in [3.63, 3.8) is 0 Å². The van der Waals surface area contributed by atoms with Gasteiger partial charge in [-0.1, -0.05) is 19.3 Å². The lowest BCUT2D eigenvalue weighted by Crippen LogP contribution is -2.48. The van der Waals surface area contributed by atoms with E-state index < -0.39 is 5.60 Å². The lowest BCUT2D eigenvalue weighted by Gasteiger charge is -2.39. The highest BCUT2D eigenvalue weighted by Crippen LogP contribution is 2.32. The Morgan fingerprint density at radius 1 is 1.29 bits per heavy atom. The number of piperidine rings is 1. The monoisotopic (exact) mass is 239 g/mol. The fourth-order valence-corrected chi connectivity index (χ4v) is 3.40. The lowest BCUT2D eigenvalue weighted by atomic mass is 9.94. The molecule has 1 unspecified atom stereocenters. The van der Waals surface area contributed by atoms with Gasteiger partial charge in [0.05, 0.1) is 5.60 Å². The molecule has 0 amide bonds. The van der Waals surface area contributed by atoms with Crippen LogP contribution in [0.1, 0.15) is 58.3 Å². The topological polar surface area (TPSA) is 40.5 Å². The zero-order valence-electron chi connectivity index (χ0n) is 11.0. The molecule has 98 valence electrons. The Hall–Kier alpha value is -0.410. The zero-order valence-corrected chi connectivity index (χ0v) is 11.0. The van der Waals surface area contributed by atoms with Crippen molar-refractivity contribution in [2.45, 2.75) is 69.9 Å². The molecule has 1 atom stereocenters. The minimum atomic E-state index is -0.466. The predicted octanol–water partition coefficient (Wildman–Crippen LogP) is 2.13. The van der Waals surface area contributed by atoms with Crippen LogP contribution in [0.25, 0.3) is 0 Å². The highest BCUT2D eigenvalue weighted by Gasteiger charge is 2.35. The second kappa shape index (κ2) is 5.49. The van der Waals surface area contributed by atoms with Crippen molar-refractivity contribution in [3.05, 3.63) is 0 Å². The van der Waals surface area contributed by atoms with Gasteiger partial charge >= 0.3 is 0 Å². The van der Waals surface area contributed by atoms with Gasteiger partial charge < -0.3 is 5.11 Å². The Morgan fingerprint density at radius 3 is 2.65 bits per heavy atom. The summed E-state index contributed by atoms with van der Waals surface area (Å²) in [6.07, 6.45) is 8.42. The third-order valence-corrected chi connectivity index (χ3v) is 4.30. The second-order valence-corrected chi connectivity index (χ2v) is 5.96. The number of carbonyl (C=O) groups excluding carboxylic acids is 1. The van der Waals surface area contributed by atoms with Gasteiger partial charge in [0.1, 0.15) is 5.78 Å². The van der Waals surface area contributed by atoms with Crippen LogP contribution in [-0.2, 0) is 4.79 Å². The van der Waals surface area contributed by atoms with E-state index in [-0.39, 0.29) is 5.78 Å². The molecule has 0 aromatic carbocycles. The number of carbonyl (C=O) groups is 1. The van der Waals surface area contributed by atoms with Crippen molar-refractivity contribution in [2.24, 2.45) is 0 Å². The van der Waals surface area contributed by atoms with E-state index in [1.54, 1.807) is 6.92 Å². The Kier molecular flexibility index (Phi) is 4.21. The molecule has 3 heteroatoms. The summed E-state index contributed by atoms with van der Waals surface area (Å²) in [6.45, 7) is 3.52. The van der Waals surface area contributed by atoms with Crippen LogP contribution < -0.4 is 0 Å². The van der Waals surface area contributed by atoms with Gasteiger partial charge in [0.15, 0.2) is 0 Å². The van der Waals surface area contributed by atoms with Gasteiger partial charge in [0.2, 0.25) is 0 Å². The standard InChI is InChI=1S/C14H25NO2/c1-12(16)10-13-6-2-5-9-15(13)11-14(17)7-3-4-8-14/h13,17H,2-11H2,1H3. The molecule has 1 N–H and O–H groups in total. The minimum absolute atomic E-state index is 0.278. The Balaban J connectivity index is 1.93. The van der Waals surface area contributed by atoms with Crippen LogP contribution in [-0.4, -0.2) is 40.5 Å². The summed E-state index contributed by atoms with van der Waals surface area (Å²) in [6, 6.07) is 0.380. The average Bonchev–Trinajstić information content (AvgIpc) is 2.67. The van der Waals surface area contributed by atoms with Gasteiger partial charge in [0, 0.05) is 19.0 Å². The number of aliphatic hydroxyl groups is 1. The van der Waals surface area contributed by atoms with Crippen molar-refractivity contribution in [2.75, 3.05) is 13.1 Å². The number of ketones is 1. The van der Waals surface area contributed by atoms with Crippen LogP contribution in [0.2, 0.25) is 0 Å². The molecular weight excluding hydrogens is 214 g/mol. The van der Waals surface area contributed by atoms with E-state index >= 15 is 0 Å². The summed E-state index contributed by atoms with van der Waals surface area (Å²) < 4.78 is 0. The van der Waals surface area contributed by atoms with Gasteiger partial charge in [-0.2, -0.15) is 0 Å². The smallest absolute Gasteiger partial charge is 0.131 e. The largest absolute Gasteiger partial charge is 0.389 e. The first-order valence-electron chi connectivity index (χ1n) is 7.05. The molecule has 3 nitrogen and oxygen atoms in total. The van der Waals surface area contributed by atoms with E-state index in [1.807, 2.05) is 0 Å². The van der Waals surface area contributed by atoms with Gasteiger partial charge in [-0.3, -0.25) is 9.69 Å². The number of rotatable bonds is 4. The number of β-amino-alcohol motifs (C(OH)–C–C–N with tert-alkyl or cyclic N) is 1. The minimum Gasteiger partial charge on any atom is -0.389 e.